The van der Waals surface area contributed by atoms with Gasteiger partial charge >= 0.3 is 0 Å². The molecule has 0 aliphatic carbocycles. The van der Waals surface area contributed by atoms with Crippen molar-refractivity contribution in [2.75, 3.05) is 11.9 Å². The van der Waals surface area contributed by atoms with Gasteiger partial charge in [0, 0.05) is 17.8 Å². The smallest absolute Gasteiger partial charge is 0.138 e. The molecule has 0 radical (unpaired) electrons. The Bertz CT molecular complexity index is 576. The number of ether oxygens (including phenoxy) is 1. The molecule has 0 fully saturated rings. The number of nitrogens with zero attached hydrogens (tertiary/aromatic N) is 1. The van der Waals surface area contributed by atoms with Crippen molar-refractivity contribution in [1.82, 2.24) is 4.98 Å². The molecule has 0 atom stereocenters. The third-order valence-electron chi connectivity index (χ3n) is 2.67. The van der Waals surface area contributed by atoms with E-state index in [-0.39, 0.29) is 0 Å². The van der Waals surface area contributed by atoms with Crippen molar-refractivity contribution in [2.24, 2.45) is 0 Å². The summed E-state index contributed by atoms with van der Waals surface area (Å²) in [5.41, 5.74) is 1.03. The maximum Gasteiger partial charge on any atom is 0.138 e. The van der Waals surface area contributed by atoms with Crippen molar-refractivity contribution in [1.29, 1.82) is 0 Å². The number of hydrogen-bond acceptors (Lipinski definition) is 3. The summed E-state index contributed by atoms with van der Waals surface area (Å²) in [5.74, 6) is 1.48. The molecule has 2 rings (SSSR count). The number of aromatic nitrogens is 1. The molecule has 0 amide bonds. The largest absolute Gasteiger partial charge is 0.487 e. The summed E-state index contributed by atoms with van der Waals surface area (Å²) in [6.45, 7) is 3.45. The fourth-order valence-electron chi connectivity index (χ4n) is 1.67. The van der Waals surface area contributed by atoms with E-state index in [1.165, 1.54) is 0 Å². The van der Waals surface area contributed by atoms with Gasteiger partial charge in [0.2, 0.25) is 0 Å². The Labute approximate surface area is 128 Å². The average Bonchev–Trinajstić information content (AvgIpc) is 2.45. The van der Waals surface area contributed by atoms with Crippen molar-refractivity contribution < 1.29 is 4.74 Å². The van der Waals surface area contributed by atoms with E-state index in [0.717, 1.165) is 24.3 Å². The fourth-order valence-corrected chi connectivity index (χ4v) is 2.13. The lowest BCUT2D eigenvalue weighted by Gasteiger charge is -2.09. The van der Waals surface area contributed by atoms with Crippen LogP contribution in [0.3, 0.4) is 0 Å². The SMILES string of the molecule is CCCNc1cc(COc2ccc(Cl)cc2Cl)ccn1. The van der Waals surface area contributed by atoms with Gasteiger partial charge in [0.15, 0.2) is 0 Å². The quantitative estimate of drug-likeness (QED) is 0.833. The van der Waals surface area contributed by atoms with Gasteiger partial charge in [-0.2, -0.15) is 0 Å². The van der Waals surface area contributed by atoms with Crippen molar-refractivity contribution in [3.63, 3.8) is 0 Å². The van der Waals surface area contributed by atoms with Crippen LogP contribution in [0.2, 0.25) is 10.0 Å². The van der Waals surface area contributed by atoms with E-state index in [1.807, 2.05) is 12.1 Å². The molecule has 1 heterocycles. The maximum absolute atomic E-state index is 6.06. The first kappa shape index (κ1) is 14.9. The van der Waals surface area contributed by atoms with Crippen molar-refractivity contribution >= 4 is 29.0 Å². The van der Waals surface area contributed by atoms with Crippen LogP contribution in [0, 0.1) is 0 Å². The van der Waals surface area contributed by atoms with Crippen LogP contribution >= 0.6 is 23.2 Å². The first-order chi connectivity index (χ1) is 9.69. The summed E-state index contributed by atoms with van der Waals surface area (Å²) in [6, 6.07) is 9.07. The molecule has 0 bridgehead atoms. The van der Waals surface area contributed by atoms with E-state index in [1.54, 1.807) is 24.4 Å². The molecule has 0 aliphatic heterocycles. The molecule has 106 valence electrons. The molecule has 1 aromatic carbocycles. The highest BCUT2D eigenvalue weighted by Crippen LogP contribution is 2.28. The number of halogens is 2. The summed E-state index contributed by atoms with van der Waals surface area (Å²) < 4.78 is 5.69. The Morgan fingerprint density at radius 2 is 2.05 bits per heavy atom. The Balaban J connectivity index is 1.99. The van der Waals surface area contributed by atoms with Gasteiger partial charge in [0.1, 0.15) is 18.2 Å². The average molecular weight is 311 g/mol. The molecule has 0 aliphatic rings. The number of pyridine rings is 1. The summed E-state index contributed by atoms with van der Waals surface area (Å²) in [5, 5.41) is 4.35. The first-order valence-corrected chi connectivity index (χ1v) is 7.21. The standard InChI is InChI=1S/C15H16Cl2N2O/c1-2-6-18-15-8-11(5-7-19-15)10-20-14-4-3-12(16)9-13(14)17/h3-5,7-9H,2,6,10H2,1H3,(H,18,19). The number of anilines is 1. The lowest BCUT2D eigenvalue weighted by Crippen LogP contribution is -2.03. The van der Waals surface area contributed by atoms with Gasteiger partial charge in [-0.25, -0.2) is 4.98 Å². The fraction of sp³-hybridized carbons (Fsp3) is 0.267. The second kappa shape index (κ2) is 7.36. The van der Waals surface area contributed by atoms with Gasteiger partial charge in [-0.1, -0.05) is 30.1 Å². The minimum absolute atomic E-state index is 0.435. The summed E-state index contributed by atoms with van der Waals surface area (Å²) in [6.07, 6.45) is 2.82. The zero-order chi connectivity index (χ0) is 14.4. The van der Waals surface area contributed by atoms with E-state index < -0.39 is 0 Å². The Morgan fingerprint density at radius 1 is 1.20 bits per heavy atom. The van der Waals surface area contributed by atoms with Gasteiger partial charge in [-0.05, 0) is 42.3 Å². The highest BCUT2D eigenvalue weighted by Gasteiger charge is 2.03. The van der Waals surface area contributed by atoms with E-state index in [0.29, 0.717) is 22.4 Å². The Morgan fingerprint density at radius 3 is 2.80 bits per heavy atom. The van der Waals surface area contributed by atoms with Crippen molar-refractivity contribution in [2.45, 2.75) is 20.0 Å². The molecule has 0 unspecified atom stereocenters. The zero-order valence-electron chi connectivity index (χ0n) is 11.2. The molecule has 3 nitrogen and oxygen atoms in total. The van der Waals surface area contributed by atoms with Crippen LogP contribution in [0.1, 0.15) is 18.9 Å². The van der Waals surface area contributed by atoms with Crippen LogP contribution in [-0.4, -0.2) is 11.5 Å². The first-order valence-electron chi connectivity index (χ1n) is 6.45. The van der Waals surface area contributed by atoms with Crippen LogP contribution in [0.5, 0.6) is 5.75 Å². The molecule has 1 aromatic heterocycles. The minimum Gasteiger partial charge on any atom is -0.487 e. The lowest BCUT2D eigenvalue weighted by molar-refractivity contribution is 0.306. The molecule has 20 heavy (non-hydrogen) atoms. The highest BCUT2D eigenvalue weighted by molar-refractivity contribution is 6.35. The topological polar surface area (TPSA) is 34.1 Å². The summed E-state index contributed by atoms with van der Waals surface area (Å²) in [4.78, 5) is 4.25. The maximum atomic E-state index is 6.06. The molecule has 2 aromatic rings. The third kappa shape index (κ3) is 4.29. The number of hydrogen-bond donors (Lipinski definition) is 1. The van der Waals surface area contributed by atoms with Crippen molar-refractivity contribution in [3.8, 4) is 5.75 Å². The number of nitrogens with one attached hydrogen (secondary N) is 1. The molecular weight excluding hydrogens is 295 g/mol. The van der Waals surface area contributed by atoms with E-state index in [4.69, 9.17) is 27.9 Å². The molecular formula is C15H16Cl2N2O. The van der Waals surface area contributed by atoms with E-state index >= 15 is 0 Å². The van der Waals surface area contributed by atoms with E-state index in [9.17, 15) is 0 Å². The van der Waals surface area contributed by atoms with Gasteiger partial charge in [-0.3, -0.25) is 0 Å². The normalized spacial score (nSPS) is 10.3. The van der Waals surface area contributed by atoms with Crippen LogP contribution < -0.4 is 10.1 Å². The van der Waals surface area contributed by atoms with Gasteiger partial charge in [-0.15, -0.1) is 0 Å². The number of benzene rings is 1. The van der Waals surface area contributed by atoms with Gasteiger partial charge < -0.3 is 10.1 Å². The number of rotatable bonds is 6. The summed E-state index contributed by atoms with van der Waals surface area (Å²) in [7, 11) is 0. The third-order valence-corrected chi connectivity index (χ3v) is 3.20. The predicted octanol–water partition coefficient (Wildman–Crippen LogP) is 4.79. The van der Waals surface area contributed by atoms with Crippen LogP contribution in [0.15, 0.2) is 36.5 Å². The second-order valence-corrected chi connectivity index (χ2v) is 5.18. The molecule has 0 spiro atoms. The molecule has 1 N–H and O–H groups in total. The van der Waals surface area contributed by atoms with Gasteiger partial charge in [0.05, 0.1) is 5.02 Å². The molecule has 5 heteroatoms. The zero-order valence-corrected chi connectivity index (χ0v) is 12.7. The molecule has 0 saturated carbocycles. The monoisotopic (exact) mass is 310 g/mol. The van der Waals surface area contributed by atoms with E-state index in [2.05, 4.69) is 17.2 Å². The summed E-state index contributed by atoms with van der Waals surface area (Å²) >= 11 is 11.9. The highest BCUT2D eigenvalue weighted by atomic mass is 35.5. The van der Waals surface area contributed by atoms with Crippen LogP contribution in [0.25, 0.3) is 0 Å². The Kier molecular flexibility index (Phi) is 5.50. The molecule has 0 saturated heterocycles. The minimum atomic E-state index is 0.435. The van der Waals surface area contributed by atoms with Crippen LogP contribution in [-0.2, 0) is 6.61 Å². The lowest BCUT2D eigenvalue weighted by atomic mass is 10.2. The van der Waals surface area contributed by atoms with Crippen molar-refractivity contribution in [3.05, 3.63) is 52.1 Å². The predicted molar refractivity (Wildman–Crippen MR) is 83.8 cm³/mol. The van der Waals surface area contributed by atoms with Crippen LogP contribution in [0.4, 0.5) is 5.82 Å². The Hall–Kier alpha value is -1.45. The van der Waals surface area contributed by atoms with Gasteiger partial charge in [0.25, 0.3) is 0 Å². The second-order valence-electron chi connectivity index (χ2n) is 4.34.